The van der Waals surface area contributed by atoms with Crippen LogP contribution in [-0.4, -0.2) is 23.6 Å². The number of halogens is 1. The van der Waals surface area contributed by atoms with E-state index >= 15 is 0 Å². The molecule has 1 aromatic carbocycles. The number of rotatable bonds is 6. The summed E-state index contributed by atoms with van der Waals surface area (Å²) in [5.74, 6) is 1.89. The van der Waals surface area contributed by atoms with Crippen LogP contribution in [0.2, 0.25) is 5.02 Å². The van der Waals surface area contributed by atoms with Gasteiger partial charge in [0.05, 0.1) is 13.3 Å². The Kier molecular flexibility index (Phi) is 5.01. The third kappa shape index (κ3) is 3.74. The van der Waals surface area contributed by atoms with E-state index in [-0.39, 0.29) is 0 Å². The predicted octanol–water partition coefficient (Wildman–Crippen LogP) is 3.70. The molecule has 0 aliphatic rings. The van der Waals surface area contributed by atoms with Crippen molar-refractivity contribution >= 4 is 29.1 Å². The number of anilines is 3. The monoisotopic (exact) mass is 292 g/mol. The topological polar surface area (TPSA) is 59.1 Å². The highest BCUT2D eigenvalue weighted by Gasteiger charge is 2.06. The Hall–Kier alpha value is -2.01. The van der Waals surface area contributed by atoms with Crippen molar-refractivity contribution in [1.82, 2.24) is 9.97 Å². The minimum atomic E-state index is 0.467. The third-order valence-corrected chi connectivity index (χ3v) is 2.89. The number of methoxy groups -OCH3 is 1. The largest absolute Gasteiger partial charge is 0.497 e. The van der Waals surface area contributed by atoms with Gasteiger partial charge in [0.1, 0.15) is 10.8 Å². The second-order valence-corrected chi connectivity index (χ2v) is 4.58. The second-order valence-electron chi connectivity index (χ2n) is 4.17. The fraction of sp³-hybridized carbons (Fsp3) is 0.286. The summed E-state index contributed by atoms with van der Waals surface area (Å²) < 4.78 is 5.18. The molecule has 2 aromatic rings. The van der Waals surface area contributed by atoms with E-state index in [2.05, 4.69) is 27.5 Å². The predicted molar refractivity (Wildman–Crippen MR) is 82.1 cm³/mol. The summed E-state index contributed by atoms with van der Waals surface area (Å²) in [6.45, 7) is 2.90. The number of ether oxygens (including phenoxy) is 1. The van der Waals surface area contributed by atoms with Gasteiger partial charge in [-0.15, -0.1) is 0 Å². The molecule has 0 saturated heterocycles. The minimum absolute atomic E-state index is 0.467. The number of nitrogens with one attached hydrogen (secondary N) is 2. The average Bonchev–Trinajstić information content (AvgIpc) is 2.48. The Balaban J connectivity index is 2.18. The molecule has 106 valence electrons. The molecule has 0 bridgehead atoms. The maximum atomic E-state index is 6.11. The molecule has 5 nitrogen and oxygen atoms in total. The second kappa shape index (κ2) is 6.96. The maximum Gasteiger partial charge on any atom is 0.224 e. The summed E-state index contributed by atoms with van der Waals surface area (Å²) in [5, 5.41) is 6.75. The van der Waals surface area contributed by atoms with Gasteiger partial charge in [0.25, 0.3) is 0 Å². The SMILES string of the molecule is CCCNc1ncc(Cl)c(Nc2cccc(OC)c2)n1. The standard InChI is InChI=1S/C14H17ClN4O/c1-3-7-16-14-17-9-12(15)13(19-14)18-10-5-4-6-11(8-10)20-2/h4-6,8-9H,3,7H2,1-2H3,(H2,16,17,18,19). The average molecular weight is 293 g/mol. The van der Waals surface area contributed by atoms with E-state index < -0.39 is 0 Å². The zero-order chi connectivity index (χ0) is 14.4. The van der Waals surface area contributed by atoms with Crippen LogP contribution in [0.5, 0.6) is 5.75 Å². The molecule has 0 amide bonds. The lowest BCUT2D eigenvalue weighted by atomic mass is 10.3. The molecule has 20 heavy (non-hydrogen) atoms. The Bertz CT molecular complexity index is 577. The van der Waals surface area contributed by atoms with Crippen LogP contribution in [0.1, 0.15) is 13.3 Å². The Morgan fingerprint density at radius 1 is 1.35 bits per heavy atom. The smallest absolute Gasteiger partial charge is 0.224 e. The van der Waals surface area contributed by atoms with Crippen molar-refractivity contribution < 1.29 is 4.74 Å². The first-order valence-electron chi connectivity index (χ1n) is 6.40. The van der Waals surface area contributed by atoms with Gasteiger partial charge >= 0.3 is 0 Å². The maximum absolute atomic E-state index is 6.11. The van der Waals surface area contributed by atoms with Gasteiger partial charge < -0.3 is 15.4 Å². The van der Waals surface area contributed by atoms with E-state index in [0.717, 1.165) is 24.4 Å². The molecule has 0 aliphatic carbocycles. The summed E-state index contributed by atoms with van der Waals surface area (Å²) in [6.07, 6.45) is 2.58. The first kappa shape index (κ1) is 14.4. The zero-order valence-electron chi connectivity index (χ0n) is 11.5. The number of hydrogen-bond acceptors (Lipinski definition) is 5. The van der Waals surface area contributed by atoms with Crippen molar-refractivity contribution in [3.63, 3.8) is 0 Å². The Labute approximate surface area is 123 Å². The van der Waals surface area contributed by atoms with Gasteiger partial charge in [0, 0.05) is 18.3 Å². The molecule has 0 spiro atoms. The third-order valence-electron chi connectivity index (χ3n) is 2.61. The van der Waals surface area contributed by atoms with Crippen LogP contribution in [-0.2, 0) is 0 Å². The number of benzene rings is 1. The number of aromatic nitrogens is 2. The van der Waals surface area contributed by atoms with E-state index in [1.54, 1.807) is 13.3 Å². The molecule has 0 fully saturated rings. The molecule has 0 aliphatic heterocycles. The summed E-state index contributed by atoms with van der Waals surface area (Å²) in [6, 6.07) is 7.56. The number of nitrogens with zero attached hydrogens (tertiary/aromatic N) is 2. The van der Waals surface area contributed by atoms with E-state index in [0.29, 0.717) is 16.8 Å². The highest BCUT2D eigenvalue weighted by Crippen LogP contribution is 2.25. The molecule has 6 heteroatoms. The lowest BCUT2D eigenvalue weighted by Gasteiger charge is -2.10. The van der Waals surface area contributed by atoms with Gasteiger partial charge in [-0.2, -0.15) is 4.98 Å². The number of hydrogen-bond donors (Lipinski definition) is 2. The molecule has 2 N–H and O–H groups in total. The lowest BCUT2D eigenvalue weighted by Crippen LogP contribution is -2.06. The molecule has 2 rings (SSSR count). The molecule has 1 heterocycles. The van der Waals surface area contributed by atoms with Gasteiger partial charge in [0.2, 0.25) is 5.95 Å². The molecular weight excluding hydrogens is 276 g/mol. The molecule has 0 saturated carbocycles. The summed E-state index contributed by atoms with van der Waals surface area (Å²) in [7, 11) is 1.63. The summed E-state index contributed by atoms with van der Waals surface area (Å²) in [4.78, 5) is 8.49. The quantitative estimate of drug-likeness (QED) is 0.850. The van der Waals surface area contributed by atoms with Gasteiger partial charge in [0.15, 0.2) is 5.82 Å². The van der Waals surface area contributed by atoms with E-state index in [1.807, 2.05) is 24.3 Å². The highest BCUT2D eigenvalue weighted by atomic mass is 35.5. The van der Waals surface area contributed by atoms with Crippen LogP contribution in [0.4, 0.5) is 17.5 Å². The van der Waals surface area contributed by atoms with Crippen LogP contribution >= 0.6 is 11.6 Å². The van der Waals surface area contributed by atoms with Crippen LogP contribution < -0.4 is 15.4 Å². The Morgan fingerprint density at radius 3 is 2.95 bits per heavy atom. The van der Waals surface area contributed by atoms with Gasteiger partial charge in [-0.3, -0.25) is 0 Å². The van der Waals surface area contributed by atoms with E-state index in [4.69, 9.17) is 16.3 Å². The van der Waals surface area contributed by atoms with Gasteiger partial charge in [-0.1, -0.05) is 24.6 Å². The van der Waals surface area contributed by atoms with Crippen LogP contribution in [0.3, 0.4) is 0 Å². The van der Waals surface area contributed by atoms with Crippen LogP contribution in [0.15, 0.2) is 30.5 Å². The van der Waals surface area contributed by atoms with E-state index in [9.17, 15) is 0 Å². The van der Waals surface area contributed by atoms with Crippen molar-refractivity contribution in [2.75, 3.05) is 24.3 Å². The summed E-state index contributed by atoms with van der Waals surface area (Å²) >= 11 is 6.11. The van der Waals surface area contributed by atoms with E-state index in [1.165, 1.54) is 0 Å². The lowest BCUT2D eigenvalue weighted by molar-refractivity contribution is 0.415. The molecule has 0 atom stereocenters. The van der Waals surface area contributed by atoms with Crippen molar-refractivity contribution in [2.45, 2.75) is 13.3 Å². The van der Waals surface area contributed by atoms with Crippen molar-refractivity contribution in [2.24, 2.45) is 0 Å². The van der Waals surface area contributed by atoms with Crippen LogP contribution in [0, 0.1) is 0 Å². The molecular formula is C14H17ClN4O. The van der Waals surface area contributed by atoms with Crippen molar-refractivity contribution in [3.8, 4) is 5.75 Å². The normalized spacial score (nSPS) is 10.2. The van der Waals surface area contributed by atoms with Gasteiger partial charge in [-0.05, 0) is 18.6 Å². The van der Waals surface area contributed by atoms with Gasteiger partial charge in [-0.25, -0.2) is 4.98 Å². The first-order chi connectivity index (χ1) is 9.72. The molecule has 0 radical (unpaired) electrons. The fourth-order valence-corrected chi connectivity index (χ4v) is 1.75. The molecule has 0 unspecified atom stereocenters. The Morgan fingerprint density at radius 2 is 2.20 bits per heavy atom. The fourth-order valence-electron chi connectivity index (χ4n) is 1.61. The van der Waals surface area contributed by atoms with Crippen LogP contribution in [0.25, 0.3) is 0 Å². The first-order valence-corrected chi connectivity index (χ1v) is 6.78. The summed E-state index contributed by atoms with van der Waals surface area (Å²) in [5.41, 5.74) is 0.853. The van der Waals surface area contributed by atoms with Crippen molar-refractivity contribution in [3.05, 3.63) is 35.5 Å². The zero-order valence-corrected chi connectivity index (χ0v) is 12.2. The van der Waals surface area contributed by atoms with Crippen molar-refractivity contribution in [1.29, 1.82) is 0 Å². The highest BCUT2D eigenvalue weighted by molar-refractivity contribution is 6.32. The minimum Gasteiger partial charge on any atom is -0.497 e. The molecule has 1 aromatic heterocycles.